The van der Waals surface area contributed by atoms with Gasteiger partial charge in [-0.1, -0.05) is 11.6 Å². The van der Waals surface area contributed by atoms with Crippen molar-refractivity contribution in [3.8, 4) is 0 Å². The van der Waals surface area contributed by atoms with Gasteiger partial charge in [-0.15, -0.1) is 0 Å². The van der Waals surface area contributed by atoms with Gasteiger partial charge in [0.25, 0.3) is 15.9 Å². The van der Waals surface area contributed by atoms with E-state index in [1.807, 2.05) is 19.0 Å². The highest BCUT2D eigenvalue weighted by Crippen LogP contribution is 2.19. The molecule has 10 heteroatoms. The Kier molecular flexibility index (Phi) is 6.76. The van der Waals surface area contributed by atoms with E-state index in [0.717, 1.165) is 6.54 Å². The molecule has 3 rings (SSSR count). The lowest BCUT2D eigenvalue weighted by Crippen LogP contribution is -2.18. The number of benzene rings is 2. The molecule has 0 saturated heterocycles. The minimum absolute atomic E-state index is 0.0468. The van der Waals surface area contributed by atoms with Crippen LogP contribution in [-0.4, -0.2) is 49.6 Å². The number of sulfonamides is 1. The number of halogens is 1. The number of carbonyl (C=O) groups is 1. The predicted octanol–water partition coefficient (Wildman–Crippen LogP) is 3.15. The molecule has 0 atom stereocenters. The molecule has 0 aliphatic rings. The van der Waals surface area contributed by atoms with Crippen molar-refractivity contribution in [1.29, 1.82) is 0 Å². The first kappa shape index (κ1) is 21.8. The molecule has 2 aromatic carbocycles. The molecule has 0 spiro atoms. The van der Waals surface area contributed by atoms with Crippen LogP contribution >= 0.6 is 11.6 Å². The van der Waals surface area contributed by atoms with Crippen LogP contribution in [0.5, 0.6) is 0 Å². The summed E-state index contributed by atoms with van der Waals surface area (Å²) in [6.45, 7) is 1.53. The molecule has 1 aromatic heterocycles. The summed E-state index contributed by atoms with van der Waals surface area (Å²) in [5.41, 5.74) is 1.30. The van der Waals surface area contributed by atoms with Gasteiger partial charge < -0.3 is 10.2 Å². The lowest BCUT2D eigenvalue weighted by Gasteiger charge is -2.09. The van der Waals surface area contributed by atoms with E-state index in [9.17, 15) is 13.2 Å². The van der Waals surface area contributed by atoms with Crippen molar-refractivity contribution < 1.29 is 13.2 Å². The van der Waals surface area contributed by atoms with E-state index in [0.29, 0.717) is 28.5 Å². The number of anilines is 2. The first-order valence-electron chi connectivity index (χ1n) is 9.10. The van der Waals surface area contributed by atoms with Gasteiger partial charge in [0.1, 0.15) is 0 Å². The van der Waals surface area contributed by atoms with Crippen LogP contribution in [0.25, 0.3) is 0 Å². The summed E-state index contributed by atoms with van der Waals surface area (Å²) in [6, 6.07) is 12.0. The second kappa shape index (κ2) is 9.29. The van der Waals surface area contributed by atoms with Gasteiger partial charge in [0.15, 0.2) is 0 Å². The van der Waals surface area contributed by atoms with Gasteiger partial charge in [-0.3, -0.25) is 14.2 Å². The molecule has 0 bridgehead atoms. The molecular formula is C20H22ClN5O3S. The Balaban J connectivity index is 1.64. The van der Waals surface area contributed by atoms with E-state index >= 15 is 0 Å². The number of aromatic nitrogens is 2. The van der Waals surface area contributed by atoms with E-state index in [1.165, 1.54) is 24.3 Å². The van der Waals surface area contributed by atoms with E-state index < -0.39 is 10.0 Å². The molecule has 0 aliphatic carbocycles. The molecule has 2 N–H and O–H groups in total. The average molecular weight is 448 g/mol. The maximum absolute atomic E-state index is 12.5. The van der Waals surface area contributed by atoms with E-state index in [4.69, 9.17) is 11.6 Å². The Morgan fingerprint density at radius 3 is 2.37 bits per heavy atom. The third-order valence-corrected chi connectivity index (χ3v) is 5.84. The predicted molar refractivity (Wildman–Crippen MR) is 117 cm³/mol. The van der Waals surface area contributed by atoms with Crippen LogP contribution in [0.2, 0.25) is 5.02 Å². The van der Waals surface area contributed by atoms with Crippen LogP contribution in [-0.2, 0) is 16.6 Å². The number of hydrogen-bond donors (Lipinski definition) is 2. The highest BCUT2D eigenvalue weighted by atomic mass is 35.5. The fraction of sp³-hybridized carbons (Fsp3) is 0.200. The Bertz CT molecular complexity index is 1110. The maximum Gasteiger partial charge on any atom is 0.261 e. The van der Waals surface area contributed by atoms with Gasteiger partial charge in [0.2, 0.25) is 0 Å². The van der Waals surface area contributed by atoms with Crippen molar-refractivity contribution in [3.63, 3.8) is 0 Å². The van der Waals surface area contributed by atoms with E-state index in [1.54, 1.807) is 41.3 Å². The number of carbonyl (C=O) groups excluding carboxylic acids is 1. The van der Waals surface area contributed by atoms with Crippen LogP contribution in [0.4, 0.5) is 11.4 Å². The first-order valence-corrected chi connectivity index (χ1v) is 11.0. The quantitative estimate of drug-likeness (QED) is 0.553. The highest BCUT2D eigenvalue weighted by molar-refractivity contribution is 7.92. The van der Waals surface area contributed by atoms with Crippen LogP contribution in [0.3, 0.4) is 0 Å². The lowest BCUT2D eigenvalue weighted by atomic mass is 10.2. The summed E-state index contributed by atoms with van der Waals surface area (Å²) in [6.07, 6.45) is 3.32. The molecule has 0 saturated carbocycles. The zero-order chi connectivity index (χ0) is 21.7. The number of nitrogens with one attached hydrogen (secondary N) is 2. The molecule has 0 unspecified atom stereocenters. The summed E-state index contributed by atoms with van der Waals surface area (Å²) in [5, 5.41) is 7.47. The minimum Gasteiger partial charge on any atom is -0.319 e. The standard InChI is InChI=1S/C20H22ClN5O3S/c1-25(2)11-12-26-14-18(13-22-26)23-20(27)15-3-9-19(10-4-15)30(28,29)24-17-7-5-16(21)6-8-17/h3-10,13-14,24H,11-12H2,1-2H3,(H,23,27). The average Bonchev–Trinajstić information content (AvgIpc) is 3.15. The third-order valence-electron chi connectivity index (χ3n) is 4.19. The third kappa shape index (κ3) is 5.82. The lowest BCUT2D eigenvalue weighted by molar-refractivity contribution is 0.102. The fourth-order valence-electron chi connectivity index (χ4n) is 2.57. The van der Waals surface area contributed by atoms with Crippen molar-refractivity contribution in [2.45, 2.75) is 11.4 Å². The monoisotopic (exact) mass is 447 g/mol. The first-order chi connectivity index (χ1) is 14.2. The number of likely N-dealkylation sites (N-methyl/N-ethyl adjacent to an activating group) is 1. The van der Waals surface area contributed by atoms with Crippen LogP contribution < -0.4 is 10.0 Å². The summed E-state index contributed by atoms with van der Waals surface area (Å²) >= 11 is 5.81. The van der Waals surface area contributed by atoms with Crippen LogP contribution in [0, 0.1) is 0 Å². The van der Waals surface area contributed by atoms with Gasteiger partial charge in [-0.25, -0.2) is 8.42 Å². The zero-order valence-corrected chi connectivity index (χ0v) is 18.1. The normalized spacial score (nSPS) is 11.5. The van der Waals surface area contributed by atoms with Crippen molar-refractivity contribution in [3.05, 3.63) is 71.5 Å². The fourth-order valence-corrected chi connectivity index (χ4v) is 3.76. The van der Waals surface area contributed by atoms with Crippen LogP contribution in [0.1, 0.15) is 10.4 Å². The Hall–Kier alpha value is -2.88. The van der Waals surface area contributed by atoms with Crippen LogP contribution in [0.15, 0.2) is 65.8 Å². The van der Waals surface area contributed by atoms with Gasteiger partial charge >= 0.3 is 0 Å². The number of rotatable bonds is 8. The Morgan fingerprint density at radius 2 is 1.73 bits per heavy atom. The SMILES string of the molecule is CN(C)CCn1cc(NC(=O)c2ccc(S(=O)(=O)Nc3ccc(Cl)cc3)cc2)cn1. The number of hydrogen-bond acceptors (Lipinski definition) is 5. The van der Waals surface area contributed by atoms with Crippen molar-refractivity contribution in [2.24, 2.45) is 0 Å². The maximum atomic E-state index is 12.5. The van der Waals surface area contributed by atoms with Gasteiger partial charge in [-0.2, -0.15) is 5.10 Å². The molecule has 0 radical (unpaired) electrons. The molecule has 0 aliphatic heterocycles. The summed E-state index contributed by atoms with van der Waals surface area (Å²) < 4.78 is 29.2. The summed E-state index contributed by atoms with van der Waals surface area (Å²) in [5.74, 6) is -0.350. The molecule has 1 heterocycles. The largest absolute Gasteiger partial charge is 0.319 e. The molecule has 1 amide bonds. The second-order valence-corrected chi connectivity index (χ2v) is 9.01. The molecule has 0 fully saturated rings. The number of nitrogens with zero attached hydrogens (tertiary/aromatic N) is 3. The number of amides is 1. The zero-order valence-electron chi connectivity index (χ0n) is 16.5. The molecule has 30 heavy (non-hydrogen) atoms. The van der Waals surface area contributed by atoms with E-state index in [2.05, 4.69) is 15.1 Å². The minimum atomic E-state index is -3.78. The summed E-state index contributed by atoms with van der Waals surface area (Å²) in [7, 11) is 0.167. The van der Waals surface area contributed by atoms with Crippen molar-refractivity contribution in [1.82, 2.24) is 14.7 Å². The smallest absolute Gasteiger partial charge is 0.261 e. The summed E-state index contributed by atoms with van der Waals surface area (Å²) in [4.78, 5) is 14.5. The molecule has 8 nitrogen and oxygen atoms in total. The van der Waals surface area contributed by atoms with Crippen molar-refractivity contribution >= 4 is 38.9 Å². The molecule has 3 aromatic rings. The molecular weight excluding hydrogens is 426 g/mol. The van der Waals surface area contributed by atoms with Gasteiger partial charge in [0, 0.05) is 29.0 Å². The Labute approximate surface area is 180 Å². The van der Waals surface area contributed by atoms with E-state index in [-0.39, 0.29) is 10.8 Å². The topological polar surface area (TPSA) is 96.3 Å². The highest BCUT2D eigenvalue weighted by Gasteiger charge is 2.15. The van der Waals surface area contributed by atoms with Gasteiger partial charge in [-0.05, 0) is 62.6 Å². The van der Waals surface area contributed by atoms with Gasteiger partial charge in [0.05, 0.1) is 23.3 Å². The molecule has 158 valence electrons. The Morgan fingerprint density at radius 1 is 1.07 bits per heavy atom. The second-order valence-electron chi connectivity index (χ2n) is 6.89. The van der Waals surface area contributed by atoms with Crippen molar-refractivity contribution in [2.75, 3.05) is 30.7 Å².